The van der Waals surface area contributed by atoms with Crippen LogP contribution >= 0.6 is 0 Å². The van der Waals surface area contributed by atoms with Gasteiger partial charge in [0.2, 0.25) is 0 Å². The second-order valence-corrected chi connectivity index (χ2v) is 3.38. The van der Waals surface area contributed by atoms with E-state index in [-0.39, 0.29) is 0 Å². The maximum absolute atomic E-state index is 11.2. The van der Waals surface area contributed by atoms with Gasteiger partial charge in [0.05, 0.1) is 24.8 Å². The lowest BCUT2D eigenvalue weighted by atomic mass is 10.0. The zero-order valence-electron chi connectivity index (χ0n) is 8.81. The molecule has 0 heterocycles. The van der Waals surface area contributed by atoms with Crippen molar-refractivity contribution < 1.29 is 14.6 Å². The molecule has 0 amide bonds. The minimum Gasteiger partial charge on any atom is -0.465 e. The van der Waals surface area contributed by atoms with Crippen LogP contribution in [0.2, 0.25) is 0 Å². The maximum Gasteiger partial charge on any atom is 0.337 e. The van der Waals surface area contributed by atoms with Crippen LogP contribution in [0.15, 0.2) is 24.3 Å². The molecule has 2 atom stereocenters. The molecule has 1 aromatic carbocycles. The van der Waals surface area contributed by atoms with Crippen LogP contribution in [0.4, 0.5) is 0 Å². The smallest absolute Gasteiger partial charge is 0.337 e. The Hall–Kier alpha value is -1.39. The Bertz CT molecular complexity index is 349. The van der Waals surface area contributed by atoms with Crippen LogP contribution in [-0.4, -0.2) is 24.3 Å². The molecule has 4 nitrogen and oxygen atoms in total. The molecule has 0 unspecified atom stereocenters. The summed E-state index contributed by atoms with van der Waals surface area (Å²) in [4.78, 5) is 11.2. The van der Waals surface area contributed by atoms with Crippen molar-refractivity contribution in [2.45, 2.75) is 19.1 Å². The number of benzene rings is 1. The van der Waals surface area contributed by atoms with E-state index in [1.54, 1.807) is 31.2 Å². The molecule has 0 spiro atoms. The average molecular weight is 209 g/mol. The maximum atomic E-state index is 11.2. The van der Waals surface area contributed by atoms with Crippen molar-refractivity contribution in [1.82, 2.24) is 0 Å². The van der Waals surface area contributed by atoms with Crippen LogP contribution in [0.25, 0.3) is 0 Å². The van der Waals surface area contributed by atoms with E-state index in [0.29, 0.717) is 11.1 Å². The highest BCUT2D eigenvalue weighted by Crippen LogP contribution is 2.16. The van der Waals surface area contributed by atoms with Gasteiger partial charge in [-0.15, -0.1) is 0 Å². The monoisotopic (exact) mass is 209 g/mol. The fourth-order valence-electron chi connectivity index (χ4n) is 1.27. The van der Waals surface area contributed by atoms with Crippen LogP contribution < -0.4 is 5.73 Å². The van der Waals surface area contributed by atoms with Crippen LogP contribution in [-0.2, 0) is 4.74 Å². The van der Waals surface area contributed by atoms with E-state index in [1.165, 1.54) is 7.11 Å². The van der Waals surface area contributed by atoms with E-state index >= 15 is 0 Å². The molecule has 0 aliphatic rings. The number of aliphatic hydroxyl groups is 1. The van der Waals surface area contributed by atoms with E-state index in [4.69, 9.17) is 5.73 Å². The van der Waals surface area contributed by atoms with Gasteiger partial charge in [-0.05, 0) is 24.6 Å². The molecule has 1 rings (SSSR count). The van der Waals surface area contributed by atoms with Crippen LogP contribution in [0.3, 0.4) is 0 Å². The Kier molecular flexibility index (Phi) is 3.82. The third-order valence-corrected chi connectivity index (χ3v) is 2.21. The number of rotatable bonds is 3. The van der Waals surface area contributed by atoms with Crippen LogP contribution in [0.5, 0.6) is 0 Å². The van der Waals surface area contributed by atoms with Gasteiger partial charge in [0.1, 0.15) is 0 Å². The highest BCUT2D eigenvalue weighted by atomic mass is 16.5. The van der Waals surface area contributed by atoms with E-state index in [0.717, 1.165) is 0 Å². The molecule has 3 N–H and O–H groups in total. The second-order valence-electron chi connectivity index (χ2n) is 3.38. The van der Waals surface area contributed by atoms with Crippen molar-refractivity contribution in [1.29, 1.82) is 0 Å². The van der Waals surface area contributed by atoms with E-state index in [1.807, 2.05) is 0 Å². The summed E-state index contributed by atoms with van der Waals surface area (Å²) in [5.74, 6) is -0.408. The second kappa shape index (κ2) is 4.91. The van der Waals surface area contributed by atoms with Gasteiger partial charge in [-0.2, -0.15) is 0 Å². The average Bonchev–Trinajstić information content (AvgIpc) is 2.27. The first-order valence-corrected chi connectivity index (χ1v) is 4.68. The largest absolute Gasteiger partial charge is 0.465 e. The number of hydrogen-bond acceptors (Lipinski definition) is 4. The summed E-state index contributed by atoms with van der Waals surface area (Å²) in [7, 11) is 1.32. The molecule has 0 saturated heterocycles. The van der Waals surface area contributed by atoms with Gasteiger partial charge >= 0.3 is 5.97 Å². The van der Waals surface area contributed by atoms with Gasteiger partial charge in [-0.3, -0.25) is 0 Å². The molecule has 0 aliphatic heterocycles. The summed E-state index contributed by atoms with van der Waals surface area (Å²) in [5, 5.41) is 9.32. The molecular formula is C11H15NO3. The number of methoxy groups -OCH3 is 1. The molecule has 0 fully saturated rings. The van der Waals surface area contributed by atoms with Crippen molar-refractivity contribution >= 4 is 5.97 Å². The summed E-state index contributed by atoms with van der Waals surface area (Å²) >= 11 is 0. The van der Waals surface area contributed by atoms with E-state index < -0.39 is 18.1 Å². The summed E-state index contributed by atoms with van der Waals surface area (Å²) in [5.41, 5.74) is 6.90. The third kappa shape index (κ3) is 2.78. The van der Waals surface area contributed by atoms with Gasteiger partial charge < -0.3 is 15.6 Å². The zero-order chi connectivity index (χ0) is 11.4. The van der Waals surface area contributed by atoms with Gasteiger partial charge in [0.25, 0.3) is 0 Å². The van der Waals surface area contributed by atoms with Crippen molar-refractivity contribution in [3.63, 3.8) is 0 Å². The van der Waals surface area contributed by atoms with Gasteiger partial charge in [0, 0.05) is 0 Å². The topological polar surface area (TPSA) is 72.5 Å². The van der Waals surface area contributed by atoms with Crippen molar-refractivity contribution in [3.8, 4) is 0 Å². The Morgan fingerprint density at radius 3 is 2.73 bits per heavy atom. The van der Waals surface area contributed by atoms with Gasteiger partial charge in [-0.25, -0.2) is 4.79 Å². The normalized spacial score (nSPS) is 14.4. The van der Waals surface area contributed by atoms with Gasteiger partial charge in [-0.1, -0.05) is 12.1 Å². The van der Waals surface area contributed by atoms with E-state index in [2.05, 4.69) is 4.74 Å². The lowest BCUT2D eigenvalue weighted by Crippen LogP contribution is -2.23. The molecule has 0 radical (unpaired) electrons. The predicted molar refractivity (Wildman–Crippen MR) is 56.4 cm³/mol. The Morgan fingerprint density at radius 1 is 1.53 bits per heavy atom. The first kappa shape index (κ1) is 11.7. The number of carbonyl (C=O) groups excluding carboxylic acids is 1. The highest BCUT2D eigenvalue weighted by molar-refractivity contribution is 5.89. The molecule has 15 heavy (non-hydrogen) atoms. The molecule has 0 bridgehead atoms. The summed E-state index contributed by atoms with van der Waals surface area (Å²) in [6.45, 7) is 1.61. The zero-order valence-corrected chi connectivity index (χ0v) is 8.81. The number of hydrogen-bond donors (Lipinski definition) is 2. The number of esters is 1. The number of aliphatic hydroxyl groups excluding tert-OH is 1. The Morgan fingerprint density at radius 2 is 2.20 bits per heavy atom. The number of carbonyl (C=O) groups is 1. The fourth-order valence-corrected chi connectivity index (χ4v) is 1.27. The third-order valence-electron chi connectivity index (χ3n) is 2.21. The number of ether oxygens (including phenoxy) is 1. The lowest BCUT2D eigenvalue weighted by molar-refractivity contribution is 0.0600. The first-order chi connectivity index (χ1) is 7.06. The summed E-state index contributed by atoms with van der Waals surface area (Å²) < 4.78 is 4.59. The quantitative estimate of drug-likeness (QED) is 0.724. The fraction of sp³-hybridized carbons (Fsp3) is 0.364. The highest BCUT2D eigenvalue weighted by Gasteiger charge is 2.14. The molecule has 82 valence electrons. The minimum absolute atomic E-state index is 0.408. The Labute approximate surface area is 88.7 Å². The van der Waals surface area contributed by atoms with E-state index in [9.17, 15) is 9.90 Å². The van der Waals surface area contributed by atoms with Crippen molar-refractivity contribution in [2.75, 3.05) is 7.11 Å². The molecular weight excluding hydrogens is 194 g/mol. The SMILES string of the molecule is COC(=O)c1cccc([C@@H](N)[C@H](C)O)c1. The minimum atomic E-state index is -0.655. The number of nitrogens with two attached hydrogens (primary N) is 1. The molecule has 0 saturated carbocycles. The Balaban J connectivity index is 2.97. The van der Waals surface area contributed by atoms with Crippen molar-refractivity contribution in [3.05, 3.63) is 35.4 Å². The lowest BCUT2D eigenvalue weighted by Gasteiger charge is -2.15. The molecule has 1 aromatic rings. The summed E-state index contributed by atoms with van der Waals surface area (Å²) in [6, 6.07) is 6.26. The van der Waals surface area contributed by atoms with Crippen LogP contribution in [0.1, 0.15) is 28.9 Å². The van der Waals surface area contributed by atoms with Crippen LogP contribution in [0, 0.1) is 0 Å². The first-order valence-electron chi connectivity index (χ1n) is 4.68. The molecule has 0 aromatic heterocycles. The van der Waals surface area contributed by atoms with Crippen molar-refractivity contribution in [2.24, 2.45) is 5.73 Å². The predicted octanol–water partition coefficient (Wildman–Crippen LogP) is 0.854. The molecule has 0 aliphatic carbocycles. The standard InChI is InChI=1S/C11H15NO3/c1-7(13)10(12)8-4-3-5-9(6-8)11(14)15-2/h3-7,10,13H,12H2,1-2H3/t7-,10-/m0/s1. The summed E-state index contributed by atoms with van der Waals surface area (Å²) in [6.07, 6.45) is -0.655. The molecule has 4 heteroatoms. The van der Waals surface area contributed by atoms with Gasteiger partial charge in [0.15, 0.2) is 0 Å².